The van der Waals surface area contributed by atoms with Crippen LogP contribution in [-0.2, 0) is 4.74 Å². The zero-order valence-corrected chi connectivity index (χ0v) is 10.0. The molecule has 0 saturated carbocycles. The molecule has 0 aromatic heterocycles. The Morgan fingerprint density at radius 1 is 1.29 bits per heavy atom. The highest BCUT2D eigenvalue weighted by molar-refractivity contribution is 4.70. The second-order valence-corrected chi connectivity index (χ2v) is 4.29. The lowest BCUT2D eigenvalue weighted by molar-refractivity contribution is 0.0245. The Kier molecular flexibility index (Phi) is 7.81. The van der Waals surface area contributed by atoms with Gasteiger partial charge in [0, 0.05) is 12.6 Å². The summed E-state index contributed by atoms with van der Waals surface area (Å²) in [6.45, 7) is 14.1. The van der Waals surface area contributed by atoms with Gasteiger partial charge in [-0.25, -0.2) is 0 Å². The van der Waals surface area contributed by atoms with Crippen molar-refractivity contribution in [2.75, 3.05) is 13.2 Å². The fourth-order valence-corrected chi connectivity index (χ4v) is 1.14. The number of ether oxygens (including phenoxy) is 1. The summed E-state index contributed by atoms with van der Waals surface area (Å²) in [5.41, 5.74) is 0. The van der Waals surface area contributed by atoms with Crippen LogP contribution in [-0.4, -0.2) is 25.3 Å². The van der Waals surface area contributed by atoms with Crippen molar-refractivity contribution in [2.45, 2.75) is 46.3 Å². The highest BCUT2D eigenvalue weighted by Crippen LogP contribution is 2.06. The predicted octanol–water partition coefficient (Wildman–Crippen LogP) is 2.60. The van der Waals surface area contributed by atoms with Gasteiger partial charge in [0.15, 0.2) is 0 Å². The first-order valence-electron chi connectivity index (χ1n) is 5.53. The van der Waals surface area contributed by atoms with Crippen LogP contribution in [0.4, 0.5) is 0 Å². The van der Waals surface area contributed by atoms with Crippen molar-refractivity contribution in [1.82, 2.24) is 5.32 Å². The molecule has 0 fully saturated rings. The van der Waals surface area contributed by atoms with Crippen molar-refractivity contribution >= 4 is 0 Å². The van der Waals surface area contributed by atoms with E-state index in [2.05, 4.69) is 39.6 Å². The van der Waals surface area contributed by atoms with Crippen LogP contribution in [0.3, 0.4) is 0 Å². The Balaban J connectivity index is 3.71. The van der Waals surface area contributed by atoms with Gasteiger partial charge >= 0.3 is 0 Å². The second kappa shape index (κ2) is 8.01. The molecular weight excluding hydrogens is 174 g/mol. The Hall–Kier alpha value is -0.340. The van der Waals surface area contributed by atoms with Crippen LogP contribution in [0.1, 0.15) is 34.1 Å². The van der Waals surface area contributed by atoms with Crippen LogP contribution in [0.5, 0.6) is 0 Å². The molecule has 0 aromatic rings. The van der Waals surface area contributed by atoms with Gasteiger partial charge in [-0.05, 0) is 12.3 Å². The van der Waals surface area contributed by atoms with E-state index >= 15 is 0 Å². The third-order valence-corrected chi connectivity index (χ3v) is 2.12. The Bertz CT molecular complexity index is 143. The quantitative estimate of drug-likeness (QED) is 0.479. The van der Waals surface area contributed by atoms with Crippen LogP contribution >= 0.6 is 0 Å². The molecule has 0 spiro atoms. The van der Waals surface area contributed by atoms with E-state index in [1.807, 2.05) is 6.08 Å². The maximum atomic E-state index is 5.76. The van der Waals surface area contributed by atoms with Gasteiger partial charge in [0.05, 0.1) is 12.7 Å². The first-order chi connectivity index (χ1) is 6.57. The summed E-state index contributed by atoms with van der Waals surface area (Å²) >= 11 is 0. The molecule has 0 aliphatic rings. The normalized spacial score (nSPS) is 13.6. The van der Waals surface area contributed by atoms with Gasteiger partial charge in [0.1, 0.15) is 0 Å². The zero-order valence-electron chi connectivity index (χ0n) is 10.0. The fraction of sp³-hybridized carbons (Fsp3) is 0.833. The van der Waals surface area contributed by atoms with Crippen molar-refractivity contribution in [3.8, 4) is 0 Å². The summed E-state index contributed by atoms with van der Waals surface area (Å²) in [5.74, 6) is 0.561. The molecule has 1 atom stereocenters. The third kappa shape index (κ3) is 7.10. The van der Waals surface area contributed by atoms with E-state index in [-0.39, 0.29) is 0 Å². The average Bonchev–Trinajstić information content (AvgIpc) is 2.10. The molecule has 0 aliphatic carbocycles. The van der Waals surface area contributed by atoms with Crippen LogP contribution < -0.4 is 5.32 Å². The number of rotatable bonds is 8. The molecular formula is C12H25NO. The molecule has 1 unspecified atom stereocenters. The number of hydrogen-bond acceptors (Lipinski definition) is 2. The van der Waals surface area contributed by atoms with Crippen LogP contribution in [0.25, 0.3) is 0 Å². The molecule has 0 amide bonds. The average molecular weight is 199 g/mol. The van der Waals surface area contributed by atoms with E-state index in [9.17, 15) is 0 Å². The fourth-order valence-electron chi connectivity index (χ4n) is 1.14. The lowest BCUT2D eigenvalue weighted by Gasteiger charge is -2.23. The molecule has 14 heavy (non-hydrogen) atoms. The summed E-state index contributed by atoms with van der Waals surface area (Å²) in [6, 6.07) is 0.527. The largest absolute Gasteiger partial charge is 0.376 e. The van der Waals surface area contributed by atoms with Crippen molar-refractivity contribution in [3.63, 3.8) is 0 Å². The van der Waals surface area contributed by atoms with Gasteiger partial charge in [-0.1, -0.05) is 33.8 Å². The minimum absolute atomic E-state index is 0.317. The van der Waals surface area contributed by atoms with Crippen LogP contribution in [0.15, 0.2) is 12.7 Å². The maximum absolute atomic E-state index is 5.76. The van der Waals surface area contributed by atoms with E-state index in [1.165, 1.54) is 0 Å². The van der Waals surface area contributed by atoms with Gasteiger partial charge in [-0.2, -0.15) is 0 Å². The van der Waals surface area contributed by atoms with Gasteiger partial charge in [0.25, 0.3) is 0 Å². The Morgan fingerprint density at radius 3 is 2.36 bits per heavy atom. The predicted molar refractivity (Wildman–Crippen MR) is 62.5 cm³/mol. The maximum Gasteiger partial charge on any atom is 0.0722 e. The lowest BCUT2D eigenvalue weighted by atomic mass is 10.1. The SMILES string of the molecule is C=CCCOC(CNC(C)C)C(C)C. The van der Waals surface area contributed by atoms with Crippen molar-refractivity contribution in [1.29, 1.82) is 0 Å². The number of hydrogen-bond donors (Lipinski definition) is 1. The second-order valence-electron chi connectivity index (χ2n) is 4.29. The summed E-state index contributed by atoms with van der Waals surface area (Å²) in [7, 11) is 0. The molecule has 0 heterocycles. The van der Waals surface area contributed by atoms with Crippen molar-refractivity contribution < 1.29 is 4.74 Å². The smallest absolute Gasteiger partial charge is 0.0722 e. The van der Waals surface area contributed by atoms with Crippen molar-refractivity contribution in [2.24, 2.45) is 5.92 Å². The molecule has 0 radical (unpaired) electrons. The molecule has 0 bridgehead atoms. The molecule has 0 aliphatic heterocycles. The molecule has 0 aromatic carbocycles. The summed E-state index contributed by atoms with van der Waals surface area (Å²) in [6.07, 6.45) is 3.15. The molecule has 0 saturated heterocycles. The molecule has 2 heteroatoms. The molecule has 84 valence electrons. The van der Waals surface area contributed by atoms with Gasteiger partial charge < -0.3 is 10.1 Å². The van der Waals surface area contributed by atoms with Crippen molar-refractivity contribution in [3.05, 3.63) is 12.7 Å². The standard InChI is InChI=1S/C12H25NO/c1-6-7-8-14-12(10(2)3)9-13-11(4)5/h6,10-13H,1,7-9H2,2-5H3. The summed E-state index contributed by atoms with van der Waals surface area (Å²) in [5, 5.41) is 3.40. The van der Waals surface area contributed by atoms with E-state index in [4.69, 9.17) is 4.74 Å². The van der Waals surface area contributed by atoms with Gasteiger partial charge in [-0.3, -0.25) is 0 Å². The lowest BCUT2D eigenvalue weighted by Crippen LogP contribution is -2.36. The zero-order chi connectivity index (χ0) is 11.0. The van der Waals surface area contributed by atoms with Gasteiger partial charge in [-0.15, -0.1) is 6.58 Å². The Morgan fingerprint density at radius 2 is 1.93 bits per heavy atom. The minimum Gasteiger partial charge on any atom is -0.376 e. The summed E-state index contributed by atoms with van der Waals surface area (Å²) in [4.78, 5) is 0. The Labute approximate surface area is 88.7 Å². The summed E-state index contributed by atoms with van der Waals surface area (Å²) < 4.78 is 5.76. The van der Waals surface area contributed by atoms with E-state index in [0.29, 0.717) is 18.1 Å². The van der Waals surface area contributed by atoms with E-state index in [0.717, 1.165) is 19.6 Å². The minimum atomic E-state index is 0.317. The first-order valence-corrected chi connectivity index (χ1v) is 5.53. The highest BCUT2D eigenvalue weighted by Gasteiger charge is 2.13. The molecule has 0 rings (SSSR count). The van der Waals surface area contributed by atoms with E-state index < -0.39 is 0 Å². The highest BCUT2D eigenvalue weighted by atomic mass is 16.5. The number of nitrogens with one attached hydrogen (secondary N) is 1. The van der Waals surface area contributed by atoms with Crippen LogP contribution in [0.2, 0.25) is 0 Å². The third-order valence-electron chi connectivity index (χ3n) is 2.12. The topological polar surface area (TPSA) is 21.3 Å². The van der Waals surface area contributed by atoms with Crippen LogP contribution in [0, 0.1) is 5.92 Å². The van der Waals surface area contributed by atoms with E-state index in [1.54, 1.807) is 0 Å². The first kappa shape index (κ1) is 13.7. The van der Waals surface area contributed by atoms with Gasteiger partial charge in [0.2, 0.25) is 0 Å². The molecule has 2 nitrogen and oxygen atoms in total. The molecule has 1 N–H and O–H groups in total. The monoisotopic (exact) mass is 199 g/mol.